The summed E-state index contributed by atoms with van der Waals surface area (Å²) < 4.78 is 0. The van der Waals surface area contributed by atoms with Crippen LogP contribution < -0.4 is 5.32 Å². The molecule has 0 aliphatic heterocycles. The zero-order chi connectivity index (χ0) is 14.4. The van der Waals surface area contributed by atoms with Crippen LogP contribution in [0.2, 0.25) is 0 Å². The molecule has 1 saturated carbocycles. The number of hydrogen-bond acceptors (Lipinski definition) is 3. The molecule has 1 atom stereocenters. The molecule has 1 N–H and O–H groups in total. The number of aryl methyl sites for hydroxylation is 1. The van der Waals surface area contributed by atoms with Gasteiger partial charge in [-0.15, -0.1) is 11.3 Å². The number of hydrogen-bond donors (Lipinski definition) is 1. The summed E-state index contributed by atoms with van der Waals surface area (Å²) in [5.74, 6) is 1.85. The van der Waals surface area contributed by atoms with E-state index < -0.39 is 0 Å². The summed E-state index contributed by atoms with van der Waals surface area (Å²) in [6, 6.07) is 0.614. The Morgan fingerprint density at radius 3 is 2.65 bits per heavy atom. The first kappa shape index (κ1) is 16.0. The van der Waals surface area contributed by atoms with E-state index in [1.165, 1.54) is 55.6 Å². The van der Waals surface area contributed by atoms with Gasteiger partial charge in [-0.3, -0.25) is 0 Å². The van der Waals surface area contributed by atoms with Crippen molar-refractivity contribution < 1.29 is 0 Å². The van der Waals surface area contributed by atoms with Gasteiger partial charge in [-0.2, -0.15) is 0 Å². The van der Waals surface area contributed by atoms with Gasteiger partial charge in [0.1, 0.15) is 0 Å². The van der Waals surface area contributed by atoms with E-state index in [1.54, 1.807) is 11.3 Å². The van der Waals surface area contributed by atoms with Crippen molar-refractivity contribution in [1.29, 1.82) is 0 Å². The van der Waals surface area contributed by atoms with Gasteiger partial charge >= 0.3 is 0 Å². The van der Waals surface area contributed by atoms with Crippen molar-refractivity contribution in [3.8, 4) is 0 Å². The third kappa shape index (κ3) is 4.56. The molecule has 20 heavy (non-hydrogen) atoms. The maximum absolute atomic E-state index is 4.63. The summed E-state index contributed by atoms with van der Waals surface area (Å²) in [7, 11) is 2.12. The van der Waals surface area contributed by atoms with Gasteiger partial charge in [0.25, 0.3) is 0 Å². The van der Waals surface area contributed by atoms with E-state index in [-0.39, 0.29) is 0 Å². The van der Waals surface area contributed by atoms with Crippen LogP contribution in [0.1, 0.15) is 62.6 Å². The zero-order valence-corrected chi connectivity index (χ0v) is 14.1. The van der Waals surface area contributed by atoms with Crippen molar-refractivity contribution in [3.63, 3.8) is 0 Å². The monoisotopic (exact) mass is 294 g/mol. The predicted molar refractivity (Wildman–Crippen MR) is 88.4 cm³/mol. The van der Waals surface area contributed by atoms with Crippen LogP contribution in [-0.4, -0.2) is 18.1 Å². The minimum Gasteiger partial charge on any atom is -0.316 e. The lowest BCUT2D eigenvalue weighted by Gasteiger charge is -2.33. The Kier molecular flexibility index (Phi) is 6.50. The van der Waals surface area contributed by atoms with Crippen LogP contribution in [0, 0.1) is 18.8 Å². The molecule has 1 aliphatic rings. The van der Waals surface area contributed by atoms with Crippen molar-refractivity contribution in [1.82, 2.24) is 10.3 Å². The Bertz CT molecular complexity index is 380. The van der Waals surface area contributed by atoms with E-state index in [9.17, 15) is 0 Å². The van der Waals surface area contributed by atoms with E-state index in [2.05, 4.69) is 36.6 Å². The molecule has 2 rings (SSSR count). The molecule has 1 unspecified atom stereocenters. The SMILES string of the molecule is CCCCC1CCC(C(Cc2csc(C)n2)NC)CC1. The highest BCUT2D eigenvalue weighted by Crippen LogP contribution is 2.34. The Hall–Kier alpha value is -0.410. The molecule has 1 fully saturated rings. The van der Waals surface area contributed by atoms with E-state index in [1.807, 2.05) is 0 Å². The van der Waals surface area contributed by atoms with Crippen LogP contribution in [0.4, 0.5) is 0 Å². The molecule has 1 aromatic rings. The van der Waals surface area contributed by atoms with Gasteiger partial charge in [-0.25, -0.2) is 4.98 Å². The molecular formula is C17H30N2S. The molecule has 0 aromatic carbocycles. The van der Waals surface area contributed by atoms with Gasteiger partial charge in [-0.1, -0.05) is 39.0 Å². The van der Waals surface area contributed by atoms with Crippen LogP contribution in [0.15, 0.2) is 5.38 Å². The van der Waals surface area contributed by atoms with Crippen molar-refractivity contribution >= 4 is 11.3 Å². The molecule has 0 amide bonds. The molecule has 2 nitrogen and oxygen atoms in total. The maximum Gasteiger partial charge on any atom is 0.0897 e. The van der Waals surface area contributed by atoms with E-state index >= 15 is 0 Å². The van der Waals surface area contributed by atoms with Gasteiger partial charge in [-0.05, 0) is 38.6 Å². The molecule has 3 heteroatoms. The normalized spacial score (nSPS) is 24.8. The topological polar surface area (TPSA) is 24.9 Å². The number of aromatic nitrogens is 1. The molecule has 114 valence electrons. The number of likely N-dealkylation sites (N-methyl/N-ethyl adjacent to an activating group) is 1. The second kappa shape index (κ2) is 8.14. The van der Waals surface area contributed by atoms with Crippen molar-refractivity contribution in [2.24, 2.45) is 11.8 Å². The quantitative estimate of drug-likeness (QED) is 0.796. The minimum absolute atomic E-state index is 0.614. The number of unbranched alkanes of at least 4 members (excludes halogenated alkanes) is 1. The van der Waals surface area contributed by atoms with Crippen molar-refractivity contribution in [2.75, 3.05) is 7.05 Å². The maximum atomic E-state index is 4.63. The highest BCUT2D eigenvalue weighted by molar-refractivity contribution is 7.09. The highest BCUT2D eigenvalue weighted by Gasteiger charge is 2.27. The fourth-order valence-electron chi connectivity index (χ4n) is 3.60. The highest BCUT2D eigenvalue weighted by atomic mass is 32.1. The summed E-state index contributed by atoms with van der Waals surface area (Å²) in [6.07, 6.45) is 11.0. The lowest BCUT2D eigenvalue weighted by atomic mass is 9.76. The molecule has 1 aliphatic carbocycles. The Morgan fingerprint density at radius 2 is 2.10 bits per heavy atom. The summed E-state index contributed by atoms with van der Waals surface area (Å²) in [5, 5.41) is 6.97. The molecular weight excluding hydrogens is 264 g/mol. The van der Waals surface area contributed by atoms with Crippen molar-refractivity contribution in [2.45, 2.75) is 71.3 Å². The number of nitrogens with zero attached hydrogens (tertiary/aromatic N) is 1. The van der Waals surface area contributed by atoms with Crippen molar-refractivity contribution in [3.05, 3.63) is 16.1 Å². The zero-order valence-electron chi connectivity index (χ0n) is 13.3. The number of nitrogens with one attached hydrogen (secondary N) is 1. The van der Waals surface area contributed by atoms with E-state index in [4.69, 9.17) is 0 Å². The standard InChI is InChI=1S/C17H30N2S/c1-4-5-6-14-7-9-15(10-8-14)17(18-3)11-16-12-20-13(2)19-16/h12,14-15,17-18H,4-11H2,1-3H3. The first-order valence-electron chi connectivity index (χ1n) is 8.31. The number of thiazole rings is 1. The first-order valence-corrected chi connectivity index (χ1v) is 9.19. The summed E-state index contributed by atoms with van der Waals surface area (Å²) in [6.45, 7) is 4.40. The second-order valence-corrected chi connectivity index (χ2v) is 7.44. The fraction of sp³-hybridized carbons (Fsp3) is 0.824. The smallest absolute Gasteiger partial charge is 0.0897 e. The molecule has 1 aromatic heterocycles. The lowest BCUT2D eigenvalue weighted by molar-refractivity contribution is 0.215. The summed E-state index contributed by atoms with van der Waals surface area (Å²) >= 11 is 1.77. The average Bonchev–Trinajstić information content (AvgIpc) is 2.88. The molecule has 0 bridgehead atoms. The van der Waals surface area contributed by atoms with Crippen LogP contribution >= 0.6 is 11.3 Å². The first-order chi connectivity index (χ1) is 9.72. The van der Waals surface area contributed by atoms with Crippen LogP contribution in [0.3, 0.4) is 0 Å². The van der Waals surface area contributed by atoms with Gasteiger partial charge in [0.05, 0.1) is 10.7 Å². The van der Waals surface area contributed by atoms with E-state index in [0.717, 1.165) is 18.3 Å². The fourth-order valence-corrected chi connectivity index (χ4v) is 4.23. The lowest BCUT2D eigenvalue weighted by Crippen LogP contribution is -2.37. The largest absolute Gasteiger partial charge is 0.316 e. The molecule has 1 heterocycles. The van der Waals surface area contributed by atoms with Crippen LogP contribution in [0.5, 0.6) is 0 Å². The molecule has 0 spiro atoms. The minimum atomic E-state index is 0.614. The van der Waals surface area contributed by atoms with Gasteiger partial charge in [0, 0.05) is 17.8 Å². The van der Waals surface area contributed by atoms with Crippen LogP contribution in [-0.2, 0) is 6.42 Å². The second-order valence-electron chi connectivity index (χ2n) is 6.38. The summed E-state index contributed by atoms with van der Waals surface area (Å²) in [5.41, 5.74) is 1.28. The van der Waals surface area contributed by atoms with Crippen LogP contribution in [0.25, 0.3) is 0 Å². The molecule has 0 radical (unpaired) electrons. The Labute approximate surface area is 128 Å². The third-order valence-corrected chi connectivity index (χ3v) is 5.72. The van der Waals surface area contributed by atoms with E-state index in [0.29, 0.717) is 6.04 Å². The average molecular weight is 295 g/mol. The third-order valence-electron chi connectivity index (χ3n) is 4.89. The van der Waals surface area contributed by atoms with Gasteiger partial charge < -0.3 is 5.32 Å². The Balaban J connectivity index is 1.81. The number of rotatable bonds is 7. The van der Waals surface area contributed by atoms with Gasteiger partial charge in [0.15, 0.2) is 0 Å². The van der Waals surface area contributed by atoms with Gasteiger partial charge in [0.2, 0.25) is 0 Å². The molecule has 0 saturated heterocycles. The Morgan fingerprint density at radius 1 is 1.35 bits per heavy atom. The summed E-state index contributed by atoms with van der Waals surface area (Å²) in [4.78, 5) is 4.63. The predicted octanol–water partition coefficient (Wildman–Crippen LogP) is 4.58.